The highest BCUT2D eigenvalue weighted by Gasteiger charge is 2.04. The highest BCUT2D eigenvalue weighted by molar-refractivity contribution is 7.98. The lowest BCUT2D eigenvalue weighted by Gasteiger charge is -2.04. The van der Waals surface area contributed by atoms with Crippen LogP contribution in [0, 0.1) is 6.92 Å². The van der Waals surface area contributed by atoms with Crippen LogP contribution in [0.3, 0.4) is 0 Å². The predicted molar refractivity (Wildman–Crippen MR) is 93.2 cm³/mol. The molecule has 1 aromatic heterocycles. The van der Waals surface area contributed by atoms with Crippen molar-refractivity contribution in [1.82, 2.24) is 10.2 Å². The molecule has 0 amide bonds. The monoisotopic (exact) mass is 326 g/mol. The standard InChI is InChI=1S/C18H15ClN2S/c1-13-6-8-14(9-7-13)17-10-11-18(21-20-17)22-12-15-4-2-3-5-16(15)19/h2-11H,12H2,1H3. The first-order chi connectivity index (χ1) is 10.7. The molecule has 0 spiro atoms. The fraction of sp³-hybridized carbons (Fsp3) is 0.111. The van der Waals surface area contributed by atoms with Crippen molar-refractivity contribution in [3.63, 3.8) is 0 Å². The lowest BCUT2D eigenvalue weighted by molar-refractivity contribution is 0.935. The van der Waals surface area contributed by atoms with Crippen LogP contribution in [0.2, 0.25) is 5.02 Å². The van der Waals surface area contributed by atoms with Crippen LogP contribution in [0.15, 0.2) is 65.7 Å². The van der Waals surface area contributed by atoms with Gasteiger partial charge in [0.15, 0.2) is 0 Å². The molecule has 0 N–H and O–H groups in total. The van der Waals surface area contributed by atoms with Gasteiger partial charge in [-0.1, -0.05) is 71.4 Å². The number of rotatable bonds is 4. The first kappa shape index (κ1) is 15.1. The first-order valence-electron chi connectivity index (χ1n) is 6.99. The van der Waals surface area contributed by atoms with Crippen molar-refractivity contribution in [3.8, 4) is 11.3 Å². The van der Waals surface area contributed by atoms with Crippen LogP contribution in [-0.2, 0) is 5.75 Å². The van der Waals surface area contributed by atoms with E-state index >= 15 is 0 Å². The summed E-state index contributed by atoms with van der Waals surface area (Å²) in [5, 5.41) is 10.3. The second kappa shape index (κ2) is 6.95. The maximum atomic E-state index is 6.16. The van der Waals surface area contributed by atoms with Gasteiger partial charge in [-0.05, 0) is 30.7 Å². The minimum Gasteiger partial charge on any atom is -0.149 e. The van der Waals surface area contributed by atoms with E-state index in [2.05, 4.69) is 41.4 Å². The van der Waals surface area contributed by atoms with Crippen LogP contribution in [0.25, 0.3) is 11.3 Å². The van der Waals surface area contributed by atoms with Gasteiger partial charge in [-0.3, -0.25) is 0 Å². The largest absolute Gasteiger partial charge is 0.149 e. The van der Waals surface area contributed by atoms with E-state index < -0.39 is 0 Å². The number of aryl methyl sites for hydroxylation is 1. The third-order valence-corrected chi connectivity index (χ3v) is 4.66. The Morgan fingerprint density at radius 1 is 0.909 bits per heavy atom. The maximum absolute atomic E-state index is 6.16. The lowest BCUT2D eigenvalue weighted by atomic mass is 10.1. The molecule has 110 valence electrons. The quantitative estimate of drug-likeness (QED) is 0.600. The van der Waals surface area contributed by atoms with E-state index in [0.717, 1.165) is 32.6 Å². The second-order valence-corrected chi connectivity index (χ2v) is 6.41. The van der Waals surface area contributed by atoms with Gasteiger partial charge in [-0.25, -0.2) is 0 Å². The Bertz CT molecular complexity index is 755. The highest BCUT2D eigenvalue weighted by Crippen LogP contribution is 2.26. The molecular weight excluding hydrogens is 312 g/mol. The average Bonchev–Trinajstić information content (AvgIpc) is 2.55. The van der Waals surface area contributed by atoms with Crippen molar-refractivity contribution < 1.29 is 0 Å². The van der Waals surface area contributed by atoms with E-state index in [-0.39, 0.29) is 0 Å². The SMILES string of the molecule is Cc1ccc(-c2ccc(SCc3ccccc3Cl)nn2)cc1. The summed E-state index contributed by atoms with van der Waals surface area (Å²) in [7, 11) is 0. The molecule has 0 atom stereocenters. The fourth-order valence-electron chi connectivity index (χ4n) is 2.04. The Morgan fingerprint density at radius 2 is 1.68 bits per heavy atom. The van der Waals surface area contributed by atoms with Gasteiger partial charge in [-0.15, -0.1) is 10.2 Å². The average molecular weight is 327 g/mol. The van der Waals surface area contributed by atoms with Crippen molar-refractivity contribution in [1.29, 1.82) is 0 Å². The normalized spacial score (nSPS) is 10.6. The van der Waals surface area contributed by atoms with Gasteiger partial charge in [-0.2, -0.15) is 0 Å². The van der Waals surface area contributed by atoms with E-state index in [0.29, 0.717) is 0 Å². The molecule has 0 bridgehead atoms. The Balaban J connectivity index is 1.69. The summed E-state index contributed by atoms with van der Waals surface area (Å²) in [6, 6.07) is 20.2. The third-order valence-electron chi connectivity index (χ3n) is 3.32. The maximum Gasteiger partial charge on any atom is 0.119 e. The van der Waals surface area contributed by atoms with Gasteiger partial charge in [0.2, 0.25) is 0 Å². The molecule has 1 heterocycles. The topological polar surface area (TPSA) is 25.8 Å². The summed E-state index contributed by atoms with van der Waals surface area (Å²) < 4.78 is 0. The highest BCUT2D eigenvalue weighted by atomic mass is 35.5. The molecule has 0 radical (unpaired) electrons. The van der Waals surface area contributed by atoms with Crippen LogP contribution in [0.1, 0.15) is 11.1 Å². The van der Waals surface area contributed by atoms with Crippen LogP contribution < -0.4 is 0 Å². The summed E-state index contributed by atoms with van der Waals surface area (Å²) in [6.45, 7) is 2.07. The number of aromatic nitrogens is 2. The zero-order valence-corrected chi connectivity index (χ0v) is 13.7. The summed E-state index contributed by atoms with van der Waals surface area (Å²) in [6.07, 6.45) is 0. The molecule has 0 saturated heterocycles. The fourth-order valence-corrected chi connectivity index (χ4v) is 3.14. The van der Waals surface area contributed by atoms with Crippen LogP contribution in [0.4, 0.5) is 0 Å². The lowest BCUT2D eigenvalue weighted by Crippen LogP contribution is -1.90. The molecule has 3 rings (SSSR count). The molecule has 0 aliphatic carbocycles. The van der Waals surface area contributed by atoms with Crippen molar-refractivity contribution >= 4 is 23.4 Å². The molecule has 2 nitrogen and oxygen atoms in total. The predicted octanol–water partition coefficient (Wildman–Crippen LogP) is 5.40. The van der Waals surface area contributed by atoms with Crippen LogP contribution >= 0.6 is 23.4 Å². The summed E-state index contributed by atoms with van der Waals surface area (Å²) in [5.74, 6) is 0.790. The van der Waals surface area contributed by atoms with Gasteiger partial charge >= 0.3 is 0 Å². The molecule has 22 heavy (non-hydrogen) atoms. The van der Waals surface area contributed by atoms with Gasteiger partial charge in [0.05, 0.1) is 5.69 Å². The van der Waals surface area contributed by atoms with E-state index in [1.807, 2.05) is 36.4 Å². The summed E-state index contributed by atoms with van der Waals surface area (Å²) >= 11 is 7.80. The third kappa shape index (κ3) is 3.67. The minimum atomic E-state index is 0.790. The van der Waals surface area contributed by atoms with Gasteiger partial charge < -0.3 is 0 Å². The van der Waals surface area contributed by atoms with Crippen molar-refractivity contribution in [3.05, 3.63) is 76.8 Å². The Hall–Kier alpha value is -1.84. The minimum absolute atomic E-state index is 0.790. The van der Waals surface area contributed by atoms with E-state index in [1.54, 1.807) is 11.8 Å². The Labute approximate surface area is 139 Å². The summed E-state index contributed by atoms with van der Waals surface area (Å²) in [5.41, 5.74) is 4.32. The number of thioether (sulfide) groups is 1. The molecule has 0 aliphatic heterocycles. The van der Waals surface area contributed by atoms with E-state index in [9.17, 15) is 0 Å². The molecule has 4 heteroatoms. The van der Waals surface area contributed by atoms with Crippen molar-refractivity contribution in [2.75, 3.05) is 0 Å². The zero-order chi connectivity index (χ0) is 15.4. The second-order valence-electron chi connectivity index (χ2n) is 5.00. The number of halogens is 1. The van der Waals surface area contributed by atoms with Crippen molar-refractivity contribution in [2.24, 2.45) is 0 Å². The number of benzene rings is 2. The van der Waals surface area contributed by atoms with Crippen molar-refractivity contribution in [2.45, 2.75) is 17.7 Å². The smallest absolute Gasteiger partial charge is 0.119 e. The number of hydrogen-bond acceptors (Lipinski definition) is 3. The molecule has 2 aromatic carbocycles. The molecule has 0 unspecified atom stereocenters. The number of hydrogen-bond donors (Lipinski definition) is 0. The summed E-state index contributed by atoms with van der Waals surface area (Å²) in [4.78, 5) is 0. The Morgan fingerprint density at radius 3 is 2.36 bits per heavy atom. The van der Waals surface area contributed by atoms with Crippen LogP contribution in [-0.4, -0.2) is 10.2 Å². The Kier molecular flexibility index (Phi) is 4.76. The number of nitrogens with zero attached hydrogens (tertiary/aromatic N) is 2. The van der Waals surface area contributed by atoms with Gasteiger partial charge in [0, 0.05) is 16.3 Å². The van der Waals surface area contributed by atoms with E-state index in [1.165, 1.54) is 5.56 Å². The molecule has 0 fully saturated rings. The zero-order valence-electron chi connectivity index (χ0n) is 12.2. The molecule has 0 aliphatic rings. The molecule has 3 aromatic rings. The van der Waals surface area contributed by atoms with Gasteiger partial charge in [0.25, 0.3) is 0 Å². The van der Waals surface area contributed by atoms with E-state index in [4.69, 9.17) is 11.6 Å². The molecular formula is C18H15ClN2S. The first-order valence-corrected chi connectivity index (χ1v) is 8.36. The van der Waals surface area contributed by atoms with Crippen LogP contribution in [0.5, 0.6) is 0 Å². The van der Waals surface area contributed by atoms with Gasteiger partial charge in [0.1, 0.15) is 5.03 Å². The molecule has 0 saturated carbocycles.